The number of hydrogen-bond donors (Lipinski definition) is 1. The third kappa shape index (κ3) is 6.42. The zero-order valence-electron chi connectivity index (χ0n) is 15.0. The molecule has 4 nitrogen and oxygen atoms in total. The van der Waals surface area contributed by atoms with Crippen LogP contribution < -0.4 is 10.1 Å². The Hall–Kier alpha value is -2.01. The number of unbranched alkanes of at least 4 members (excludes halogenated alkanes) is 2. The first kappa shape index (κ1) is 19.3. The number of thiophene rings is 1. The lowest BCUT2D eigenvalue weighted by Crippen LogP contribution is -2.10. The number of esters is 1. The summed E-state index contributed by atoms with van der Waals surface area (Å²) < 4.78 is 11.2. The van der Waals surface area contributed by atoms with Gasteiger partial charge in [-0.05, 0) is 36.4 Å². The summed E-state index contributed by atoms with van der Waals surface area (Å²) in [5, 5.41) is 5.44. The van der Waals surface area contributed by atoms with Crippen molar-refractivity contribution >= 4 is 23.0 Å². The number of ether oxygens (including phenoxy) is 2. The second-order valence-corrected chi connectivity index (χ2v) is 6.87. The molecule has 0 amide bonds. The van der Waals surface area contributed by atoms with E-state index in [1.165, 1.54) is 4.88 Å². The minimum atomic E-state index is -0.315. The Morgan fingerprint density at radius 2 is 1.92 bits per heavy atom. The van der Waals surface area contributed by atoms with Crippen LogP contribution in [0.3, 0.4) is 0 Å². The molecule has 2 aromatic rings. The molecule has 0 aliphatic rings. The summed E-state index contributed by atoms with van der Waals surface area (Å²) in [6.07, 6.45) is 3.88. The average Bonchev–Trinajstić information content (AvgIpc) is 3.14. The van der Waals surface area contributed by atoms with Crippen LogP contribution in [-0.4, -0.2) is 19.2 Å². The van der Waals surface area contributed by atoms with E-state index in [1.807, 2.05) is 18.2 Å². The minimum absolute atomic E-state index is 0.315. The molecule has 0 aliphatic carbocycles. The van der Waals surface area contributed by atoms with Crippen molar-refractivity contribution in [2.24, 2.45) is 0 Å². The average molecular weight is 362 g/mol. The number of benzene rings is 1. The molecule has 0 bridgehead atoms. The number of carbonyl (C=O) groups is 1. The molecule has 0 aliphatic heterocycles. The van der Waals surface area contributed by atoms with Gasteiger partial charge >= 0.3 is 5.97 Å². The Labute approximate surface area is 154 Å². The van der Waals surface area contributed by atoms with Crippen molar-refractivity contribution < 1.29 is 14.3 Å². The van der Waals surface area contributed by atoms with Crippen LogP contribution in [0.2, 0.25) is 0 Å². The van der Waals surface area contributed by atoms with Crippen LogP contribution in [0.15, 0.2) is 35.7 Å². The third-order valence-corrected chi connectivity index (χ3v) is 4.61. The van der Waals surface area contributed by atoms with Crippen LogP contribution in [0, 0.1) is 0 Å². The van der Waals surface area contributed by atoms with Crippen molar-refractivity contribution in [3.63, 3.8) is 0 Å². The lowest BCUT2D eigenvalue weighted by atomic mass is 10.1. The van der Waals surface area contributed by atoms with Gasteiger partial charge in [0.05, 0.1) is 13.2 Å². The summed E-state index contributed by atoms with van der Waals surface area (Å²) in [5.74, 6) is 0.274. The SMILES string of the molecule is CCCCOC(=O)c1ccc(NCc2cccs2)cc1OCCCC. The highest BCUT2D eigenvalue weighted by molar-refractivity contribution is 7.09. The topological polar surface area (TPSA) is 47.6 Å². The number of anilines is 1. The van der Waals surface area contributed by atoms with Crippen LogP contribution in [0.5, 0.6) is 5.75 Å². The molecule has 0 saturated carbocycles. The molecule has 1 heterocycles. The van der Waals surface area contributed by atoms with Gasteiger partial charge in [0.25, 0.3) is 0 Å². The fourth-order valence-electron chi connectivity index (χ4n) is 2.24. The van der Waals surface area contributed by atoms with Gasteiger partial charge in [0.15, 0.2) is 0 Å². The smallest absolute Gasteiger partial charge is 0.341 e. The monoisotopic (exact) mass is 361 g/mol. The number of nitrogens with one attached hydrogen (secondary N) is 1. The molecule has 1 N–H and O–H groups in total. The van der Waals surface area contributed by atoms with Gasteiger partial charge < -0.3 is 14.8 Å². The predicted octanol–water partition coefficient (Wildman–Crippen LogP) is 5.50. The van der Waals surface area contributed by atoms with Crippen LogP contribution in [0.1, 0.15) is 54.8 Å². The summed E-state index contributed by atoms with van der Waals surface area (Å²) >= 11 is 1.71. The van der Waals surface area contributed by atoms with Crippen molar-refractivity contribution in [3.05, 3.63) is 46.2 Å². The van der Waals surface area contributed by atoms with Gasteiger partial charge in [-0.15, -0.1) is 11.3 Å². The molecule has 136 valence electrons. The van der Waals surface area contributed by atoms with E-state index in [9.17, 15) is 4.79 Å². The zero-order valence-corrected chi connectivity index (χ0v) is 15.9. The highest BCUT2D eigenvalue weighted by atomic mass is 32.1. The van der Waals surface area contributed by atoms with Crippen LogP contribution in [0.25, 0.3) is 0 Å². The first-order valence-electron chi connectivity index (χ1n) is 8.94. The van der Waals surface area contributed by atoms with Crippen LogP contribution in [0.4, 0.5) is 5.69 Å². The maximum absolute atomic E-state index is 12.3. The molecule has 25 heavy (non-hydrogen) atoms. The second-order valence-electron chi connectivity index (χ2n) is 5.84. The third-order valence-electron chi connectivity index (χ3n) is 3.73. The van der Waals surface area contributed by atoms with Crippen molar-refractivity contribution in [1.82, 2.24) is 0 Å². The molecule has 0 unspecified atom stereocenters. The maximum Gasteiger partial charge on any atom is 0.341 e. The van der Waals surface area contributed by atoms with Crippen molar-refractivity contribution in [2.75, 3.05) is 18.5 Å². The Bertz CT molecular complexity index is 640. The fourth-order valence-corrected chi connectivity index (χ4v) is 2.88. The Morgan fingerprint density at radius 1 is 1.12 bits per heavy atom. The molecule has 0 saturated heterocycles. The van der Waals surface area contributed by atoms with E-state index in [1.54, 1.807) is 17.4 Å². The quantitative estimate of drug-likeness (QED) is 0.424. The number of rotatable bonds is 11. The molecular weight excluding hydrogens is 334 g/mol. The first-order chi connectivity index (χ1) is 12.2. The molecular formula is C20H27NO3S. The van der Waals surface area contributed by atoms with Gasteiger partial charge in [-0.3, -0.25) is 0 Å². The molecule has 0 spiro atoms. The Balaban J connectivity index is 2.06. The first-order valence-corrected chi connectivity index (χ1v) is 9.82. The molecule has 1 aromatic heterocycles. The van der Waals surface area contributed by atoms with E-state index in [0.717, 1.165) is 37.9 Å². The molecule has 2 rings (SSSR count). The molecule has 5 heteroatoms. The second kappa shape index (κ2) is 10.8. The van der Waals surface area contributed by atoms with Gasteiger partial charge in [-0.25, -0.2) is 4.79 Å². The number of hydrogen-bond acceptors (Lipinski definition) is 5. The van der Waals surface area contributed by atoms with Crippen LogP contribution >= 0.6 is 11.3 Å². The fraction of sp³-hybridized carbons (Fsp3) is 0.450. The zero-order chi connectivity index (χ0) is 17.9. The van der Waals surface area contributed by atoms with Crippen LogP contribution in [-0.2, 0) is 11.3 Å². The van der Waals surface area contributed by atoms with Gasteiger partial charge in [-0.1, -0.05) is 32.8 Å². The van der Waals surface area contributed by atoms with Crippen molar-refractivity contribution in [3.8, 4) is 5.75 Å². The van der Waals surface area contributed by atoms with E-state index in [-0.39, 0.29) is 5.97 Å². The van der Waals surface area contributed by atoms with Gasteiger partial charge in [0, 0.05) is 23.2 Å². The van der Waals surface area contributed by atoms with Gasteiger partial charge in [0.1, 0.15) is 11.3 Å². The van der Waals surface area contributed by atoms with E-state index in [0.29, 0.717) is 24.5 Å². The lowest BCUT2D eigenvalue weighted by molar-refractivity contribution is 0.0495. The van der Waals surface area contributed by atoms with Crippen molar-refractivity contribution in [2.45, 2.75) is 46.1 Å². The van der Waals surface area contributed by atoms with E-state index >= 15 is 0 Å². The summed E-state index contributed by atoms with van der Waals surface area (Å²) in [5.41, 5.74) is 1.43. The van der Waals surface area contributed by atoms with E-state index in [2.05, 4.69) is 30.6 Å². The highest BCUT2D eigenvalue weighted by Crippen LogP contribution is 2.25. The largest absolute Gasteiger partial charge is 0.493 e. The summed E-state index contributed by atoms with van der Waals surface area (Å²) in [6.45, 7) is 5.98. The highest BCUT2D eigenvalue weighted by Gasteiger charge is 2.15. The normalized spacial score (nSPS) is 10.5. The Kier molecular flexibility index (Phi) is 8.32. The lowest BCUT2D eigenvalue weighted by Gasteiger charge is -2.13. The van der Waals surface area contributed by atoms with E-state index < -0.39 is 0 Å². The summed E-state index contributed by atoms with van der Waals surface area (Å²) in [6, 6.07) is 9.70. The predicted molar refractivity (Wildman–Crippen MR) is 104 cm³/mol. The van der Waals surface area contributed by atoms with Crippen molar-refractivity contribution in [1.29, 1.82) is 0 Å². The molecule has 0 atom stereocenters. The molecule has 1 aromatic carbocycles. The maximum atomic E-state index is 12.3. The molecule has 0 fully saturated rings. The summed E-state index contributed by atoms with van der Waals surface area (Å²) in [4.78, 5) is 13.6. The Morgan fingerprint density at radius 3 is 2.64 bits per heavy atom. The number of carbonyl (C=O) groups excluding carboxylic acids is 1. The van der Waals surface area contributed by atoms with Gasteiger partial charge in [0.2, 0.25) is 0 Å². The standard InChI is InChI=1S/C20H27NO3S/c1-3-5-11-23-19-14-16(21-15-17-8-7-13-25-17)9-10-18(19)20(22)24-12-6-4-2/h7-10,13-14,21H,3-6,11-12,15H2,1-2H3. The molecule has 0 radical (unpaired) electrons. The summed E-state index contributed by atoms with van der Waals surface area (Å²) in [7, 11) is 0. The minimum Gasteiger partial charge on any atom is -0.493 e. The van der Waals surface area contributed by atoms with Gasteiger partial charge in [-0.2, -0.15) is 0 Å². The van der Waals surface area contributed by atoms with E-state index in [4.69, 9.17) is 9.47 Å².